The van der Waals surface area contributed by atoms with Gasteiger partial charge in [0.05, 0.1) is 11.2 Å². The van der Waals surface area contributed by atoms with Crippen molar-refractivity contribution in [2.24, 2.45) is 12.5 Å². The molecule has 0 radical (unpaired) electrons. The molecule has 1 atom stereocenters. The van der Waals surface area contributed by atoms with E-state index in [-0.39, 0.29) is 11.0 Å². The molecule has 1 heterocycles. The summed E-state index contributed by atoms with van der Waals surface area (Å²) in [4.78, 5) is 0. The van der Waals surface area contributed by atoms with Gasteiger partial charge in [0.25, 0.3) is 0 Å². The maximum absolute atomic E-state index is 4.71. The summed E-state index contributed by atoms with van der Waals surface area (Å²) in [6.45, 7) is 13.7. The summed E-state index contributed by atoms with van der Waals surface area (Å²) in [5, 5.41) is 9.53. The quantitative estimate of drug-likeness (QED) is 0.849. The number of nitrogens with one attached hydrogen (secondary N) is 1. The number of rotatable bonds is 5. The second kappa shape index (κ2) is 5.64. The molecule has 0 aliphatic rings. The SMILES string of the molecule is C=CC(C)(CNC(C)(C)C)Cc1nn(C)c2ccccc12. The standard InChI is InChI=1S/C18H27N3/c1-7-18(5,13-19-17(2,3)4)12-15-14-10-8-9-11-16(14)21(6)20-15/h7-11,19H,1,12-13H2,2-6H3. The van der Waals surface area contributed by atoms with Crippen LogP contribution in [0, 0.1) is 5.41 Å². The summed E-state index contributed by atoms with van der Waals surface area (Å²) >= 11 is 0. The number of nitrogens with zero attached hydrogens (tertiary/aromatic N) is 2. The van der Waals surface area contributed by atoms with Crippen LogP contribution < -0.4 is 5.32 Å². The molecule has 0 saturated heterocycles. The predicted octanol–water partition coefficient (Wildman–Crippen LogP) is 3.70. The van der Waals surface area contributed by atoms with E-state index in [0.29, 0.717) is 0 Å². The van der Waals surface area contributed by atoms with Gasteiger partial charge < -0.3 is 5.32 Å². The first-order chi connectivity index (χ1) is 9.74. The molecule has 0 aliphatic carbocycles. The fourth-order valence-electron chi connectivity index (χ4n) is 2.48. The van der Waals surface area contributed by atoms with Crippen molar-refractivity contribution in [1.82, 2.24) is 15.1 Å². The Kier molecular flexibility index (Phi) is 4.24. The van der Waals surface area contributed by atoms with Gasteiger partial charge in [0.2, 0.25) is 0 Å². The Balaban J connectivity index is 2.26. The average molecular weight is 285 g/mol. The number of fused-ring (bicyclic) bond motifs is 1. The van der Waals surface area contributed by atoms with Crippen molar-refractivity contribution in [3.05, 3.63) is 42.6 Å². The average Bonchev–Trinajstić information content (AvgIpc) is 2.73. The summed E-state index contributed by atoms with van der Waals surface area (Å²) in [7, 11) is 2.00. The topological polar surface area (TPSA) is 29.9 Å². The largest absolute Gasteiger partial charge is 0.311 e. The fourth-order valence-corrected chi connectivity index (χ4v) is 2.48. The van der Waals surface area contributed by atoms with Gasteiger partial charge in [0.15, 0.2) is 0 Å². The van der Waals surface area contributed by atoms with Crippen LogP contribution in [0.4, 0.5) is 0 Å². The first-order valence-corrected chi connectivity index (χ1v) is 7.53. The normalized spacial score (nSPS) is 15.1. The summed E-state index contributed by atoms with van der Waals surface area (Å²) in [6, 6.07) is 8.40. The van der Waals surface area contributed by atoms with Gasteiger partial charge in [0, 0.05) is 36.4 Å². The zero-order valence-electron chi connectivity index (χ0n) is 13.9. The number of para-hydroxylation sites is 1. The molecule has 0 fully saturated rings. The van der Waals surface area contributed by atoms with Crippen LogP contribution in [0.1, 0.15) is 33.4 Å². The van der Waals surface area contributed by atoms with E-state index in [4.69, 9.17) is 5.10 Å². The molecule has 2 rings (SSSR count). The van der Waals surface area contributed by atoms with Crippen LogP contribution in [0.5, 0.6) is 0 Å². The second-order valence-electron chi connectivity index (χ2n) is 7.23. The van der Waals surface area contributed by atoms with Crippen molar-refractivity contribution in [2.75, 3.05) is 6.54 Å². The molecule has 114 valence electrons. The van der Waals surface area contributed by atoms with Crippen LogP contribution in [-0.2, 0) is 13.5 Å². The maximum atomic E-state index is 4.71. The monoisotopic (exact) mass is 285 g/mol. The van der Waals surface area contributed by atoms with E-state index < -0.39 is 0 Å². The molecule has 0 bridgehead atoms. The Labute approximate surface area is 128 Å². The highest BCUT2D eigenvalue weighted by Gasteiger charge is 2.25. The van der Waals surface area contributed by atoms with Gasteiger partial charge in [-0.15, -0.1) is 6.58 Å². The third-order valence-corrected chi connectivity index (χ3v) is 3.92. The summed E-state index contributed by atoms with van der Waals surface area (Å²) in [6.07, 6.45) is 2.94. The third kappa shape index (κ3) is 3.73. The molecule has 2 aromatic rings. The van der Waals surface area contributed by atoms with Crippen molar-refractivity contribution in [3.63, 3.8) is 0 Å². The number of hydrogen-bond acceptors (Lipinski definition) is 2. The first-order valence-electron chi connectivity index (χ1n) is 7.53. The van der Waals surface area contributed by atoms with Gasteiger partial charge in [-0.05, 0) is 26.8 Å². The molecule has 0 spiro atoms. The predicted molar refractivity (Wildman–Crippen MR) is 90.5 cm³/mol. The van der Waals surface area contributed by atoms with Gasteiger partial charge in [-0.25, -0.2) is 0 Å². The van der Waals surface area contributed by atoms with Gasteiger partial charge in [0.1, 0.15) is 0 Å². The zero-order valence-corrected chi connectivity index (χ0v) is 13.9. The van der Waals surface area contributed by atoms with Crippen LogP contribution in [0.2, 0.25) is 0 Å². The molecule has 0 saturated carbocycles. The van der Waals surface area contributed by atoms with Crippen LogP contribution >= 0.6 is 0 Å². The zero-order chi connectivity index (χ0) is 15.7. The highest BCUT2D eigenvalue weighted by molar-refractivity contribution is 5.81. The van der Waals surface area contributed by atoms with Crippen LogP contribution in [-0.4, -0.2) is 21.9 Å². The lowest BCUT2D eigenvalue weighted by Crippen LogP contribution is -2.43. The number of aromatic nitrogens is 2. The fraction of sp³-hybridized carbons (Fsp3) is 0.500. The minimum absolute atomic E-state index is 0.00952. The minimum atomic E-state index is -0.00952. The molecule has 3 nitrogen and oxygen atoms in total. The van der Waals surface area contributed by atoms with Gasteiger partial charge in [-0.1, -0.05) is 31.2 Å². The summed E-state index contributed by atoms with van der Waals surface area (Å²) in [5.74, 6) is 0. The van der Waals surface area contributed by atoms with E-state index in [0.717, 1.165) is 18.7 Å². The van der Waals surface area contributed by atoms with Gasteiger partial charge in [-0.2, -0.15) is 5.10 Å². The lowest BCUT2D eigenvalue weighted by atomic mass is 9.84. The maximum Gasteiger partial charge on any atom is 0.0712 e. The van der Waals surface area contributed by atoms with Crippen molar-refractivity contribution in [2.45, 2.75) is 39.7 Å². The van der Waals surface area contributed by atoms with E-state index in [1.165, 1.54) is 10.9 Å². The molecular formula is C18H27N3. The Bertz CT molecular complexity index is 633. The Morgan fingerprint density at radius 3 is 2.52 bits per heavy atom. The van der Waals surface area contributed by atoms with E-state index >= 15 is 0 Å². The van der Waals surface area contributed by atoms with Crippen LogP contribution in [0.3, 0.4) is 0 Å². The Morgan fingerprint density at radius 1 is 1.24 bits per heavy atom. The molecule has 0 amide bonds. The highest BCUT2D eigenvalue weighted by Crippen LogP contribution is 2.27. The van der Waals surface area contributed by atoms with E-state index in [1.54, 1.807) is 0 Å². The number of benzene rings is 1. The molecule has 1 unspecified atom stereocenters. The molecule has 21 heavy (non-hydrogen) atoms. The molecular weight excluding hydrogens is 258 g/mol. The smallest absolute Gasteiger partial charge is 0.0712 e. The molecule has 3 heteroatoms. The van der Waals surface area contributed by atoms with E-state index in [2.05, 4.69) is 69.9 Å². The molecule has 0 aliphatic heterocycles. The molecule has 1 aromatic carbocycles. The summed E-state index contributed by atoms with van der Waals surface area (Å²) < 4.78 is 1.96. The van der Waals surface area contributed by atoms with Crippen LogP contribution in [0.25, 0.3) is 10.9 Å². The van der Waals surface area contributed by atoms with Gasteiger partial charge in [-0.3, -0.25) is 4.68 Å². The van der Waals surface area contributed by atoms with Crippen molar-refractivity contribution >= 4 is 10.9 Å². The van der Waals surface area contributed by atoms with Crippen molar-refractivity contribution < 1.29 is 0 Å². The minimum Gasteiger partial charge on any atom is -0.311 e. The third-order valence-electron chi connectivity index (χ3n) is 3.92. The lowest BCUT2D eigenvalue weighted by molar-refractivity contribution is 0.320. The summed E-state index contributed by atoms with van der Waals surface area (Å²) in [5.41, 5.74) is 2.43. The van der Waals surface area contributed by atoms with Crippen LogP contribution in [0.15, 0.2) is 36.9 Å². The van der Waals surface area contributed by atoms with E-state index in [1.807, 2.05) is 11.7 Å². The molecule has 1 aromatic heterocycles. The molecule has 1 N–H and O–H groups in total. The van der Waals surface area contributed by atoms with Crippen molar-refractivity contribution in [3.8, 4) is 0 Å². The first kappa shape index (κ1) is 15.8. The van der Waals surface area contributed by atoms with Crippen molar-refractivity contribution in [1.29, 1.82) is 0 Å². The van der Waals surface area contributed by atoms with E-state index in [9.17, 15) is 0 Å². The lowest BCUT2D eigenvalue weighted by Gasteiger charge is -2.30. The number of hydrogen-bond donors (Lipinski definition) is 1. The second-order valence-corrected chi connectivity index (χ2v) is 7.23. The Hall–Kier alpha value is -1.61. The number of aryl methyl sites for hydroxylation is 1. The Morgan fingerprint density at radius 2 is 1.90 bits per heavy atom. The highest BCUT2D eigenvalue weighted by atomic mass is 15.3. The van der Waals surface area contributed by atoms with Gasteiger partial charge >= 0.3 is 0 Å².